The molecule has 0 bridgehead atoms. The van der Waals surface area contributed by atoms with Gasteiger partial charge in [0.25, 0.3) is 0 Å². The van der Waals surface area contributed by atoms with Gasteiger partial charge in [0, 0.05) is 39.3 Å². The topological polar surface area (TPSA) is 60.9 Å². The van der Waals surface area contributed by atoms with E-state index in [1.807, 2.05) is 68.1 Å². The summed E-state index contributed by atoms with van der Waals surface area (Å²) in [5.41, 5.74) is 2.14. The first kappa shape index (κ1) is 23.4. The summed E-state index contributed by atoms with van der Waals surface area (Å²) in [5, 5.41) is 0. The highest BCUT2D eigenvalue weighted by molar-refractivity contribution is 7.89. The van der Waals surface area contributed by atoms with Crippen molar-refractivity contribution >= 4 is 15.9 Å². The molecule has 1 heterocycles. The van der Waals surface area contributed by atoms with Gasteiger partial charge in [-0.3, -0.25) is 9.69 Å². The third kappa shape index (κ3) is 5.73. The summed E-state index contributed by atoms with van der Waals surface area (Å²) in [6.07, 6.45) is 0.702. The molecule has 0 aromatic heterocycles. The van der Waals surface area contributed by atoms with E-state index in [9.17, 15) is 13.2 Å². The number of hydrogen-bond donors (Lipinski definition) is 0. The average Bonchev–Trinajstić information content (AvgIpc) is 3.04. The van der Waals surface area contributed by atoms with Crippen LogP contribution < -0.4 is 0 Å². The minimum atomic E-state index is -3.52. The number of carbonyl (C=O) groups is 1. The molecule has 0 saturated carbocycles. The number of rotatable bonds is 7. The summed E-state index contributed by atoms with van der Waals surface area (Å²) in [7, 11) is -3.52. The largest absolute Gasteiger partial charge is 0.337 e. The van der Waals surface area contributed by atoms with E-state index in [0.717, 1.165) is 11.1 Å². The normalized spacial score (nSPS) is 17.1. The molecule has 0 radical (unpaired) electrons. The van der Waals surface area contributed by atoms with Crippen LogP contribution in [0.5, 0.6) is 0 Å². The minimum Gasteiger partial charge on any atom is -0.337 e. The number of sulfonamides is 1. The first-order valence-corrected chi connectivity index (χ1v) is 12.4. The number of amides is 1. The summed E-state index contributed by atoms with van der Waals surface area (Å²) < 4.78 is 27.7. The van der Waals surface area contributed by atoms with Crippen molar-refractivity contribution in [3.05, 3.63) is 65.7 Å². The number of likely N-dealkylation sites (N-methyl/N-ethyl adjacent to an activating group) is 1. The lowest BCUT2D eigenvalue weighted by atomic mass is 10.1. The van der Waals surface area contributed by atoms with Crippen molar-refractivity contribution < 1.29 is 13.2 Å². The van der Waals surface area contributed by atoms with Crippen LogP contribution in [0.3, 0.4) is 0 Å². The number of hydrogen-bond acceptors (Lipinski definition) is 4. The molecule has 2 aromatic carbocycles. The smallest absolute Gasteiger partial charge is 0.243 e. The molecule has 1 atom stereocenters. The van der Waals surface area contributed by atoms with E-state index in [1.54, 1.807) is 16.4 Å². The molecule has 7 heteroatoms. The lowest BCUT2D eigenvalue weighted by Gasteiger charge is -2.31. The summed E-state index contributed by atoms with van der Waals surface area (Å²) >= 11 is 0. The predicted octanol–water partition coefficient (Wildman–Crippen LogP) is 3.13. The highest BCUT2D eigenvalue weighted by atomic mass is 32.2. The van der Waals surface area contributed by atoms with Gasteiger partial charge in [0.15, 0.2) is 0 Å². The first-order chi connectivity index (χ1) is 14.8. The Kier molecular flexibility index (Phi) is 7.86. The van der Waals surface area contributed by atoms with Gasteiger partial charge in [0.05, 0.1) is 10.9 Å². The Morgan fingerprint density at radius 2 is 1.68 bits per heavy atom. The fourth-order valence-electron chi connectivity index (χ4n) is 3.97. The number of nitrogens with zero attached hydrogens (tertiary/aromatic N) is 3. The molecule has 0 N–H and O–H groups in total. The van der Waals surface area contributed by atoms with Crippen LogP contribution in [0.25, 0.3) is 0 Å². The van der Waals surface area contributed by atoms with Gasteiger partial charge in [-0.1, -0.05) is 48.0 Å². The Morgan fingerprint density at radius 3 is 2.32 bits per heavy atom. The molecule has 6 nitrogen and oxygen atoms in total. The number of aryl methyl sites for hydroxylation is 1. The molecule has 168 valence electrons. The Bertz CT molecular complexity index is 961. The molecule has 1 aliphatic heterocycles. The second-order valence-electron chi connectivity index (χ2n) is 8.12. The van der Waals surface area contributed by atoms with Gasteiger partial charge in [-0.2, -0.15) is 4.31 Å². The maximum atomic E-state index is 13.2. The third-order valence-electron chi connectivity index (χ3n) is 5.96. The van der Waals surface area contributed by atoms with E-state index in [2.05, 4.69) is 4.90 Å². The lowest BCUT2D eigenvalue weighted by molar-refractivity contribution is -0.136. The molecule has 1 aliphatic rings. The molecule has 31 heavy (non-hydrogen) atoms. The Balaban J connectivity index is 1.65. The summed E-state index contributed by atoms with van der Waals surface area (Å²) in [4.78, 5) is 17.5. The van der Waals surface area contributed by atoms with Crippen molar-refractivity contribution in [2.24, 2.45) is 0 Å². The standard InChI is InChI=1S/C24H33N3O3S/c1-4-25(19-22-9-6-5-7-10-22)24(28)21(3)26-15-8-16-27(18-17-26)31(29,30)23-13-11-20(2)12-14-23/h5-7,9-14,21H,4,8,15-19H2,1-3H3. The molecule has 1 amide bonds. The molecule has 3 rings (SSSR count). The molecule has 0 spiro atoms. The van der Waals surface area contributed by atoms with E-state index in [-0.39, 0.29) is 11.9 Å². The highest BCUT2D eigenvalue weighted by Crippen LogP contribution is 2.19. The van der Waals surface area contributed by atoms with Gasteiger partial charge in [-0.25, -0.2) is 8.42 Å². The summed E-state index contributed by atoms with van der Waals surface area (Å²) in [6, 6.07) is 16.7. The van der Waals surface area contributed by atoms with Gasteiger partial charge >= 0.3 is 0 Å². The SMILES string of the molecule is CCN(Cc1ccccc1)C(=O)C(C)N1CCCN(S(=O)(=O)c2ccc(C)cc2)CC1. The van der Waals surface area contributed by atoms with Crippen molar-refractivity contribution in [1.29, 1.82) is 0 Å². The Labute approximate surface area is 186 Å². The van der Waals surface area contributed by atoms with Crippen LogP contribution in [0.1, 0.15) is 31.4 Å². The van der Waals surface area contributed by atoms with Gasteiger partial charge in [-0.05, 0) is 44.9 Å². The van der Waals surface area contributed by atoms with Crippen LogP contribution in [0, 0.1) is 6.92 Å². The Morgan fingerprint density at radius 1 is 1.00 bits per heavy atom. The van der Waals surface area contributed by atoms with Crippen LogP contribution in [0.2, 0.25) is 0 Å². The molecule has 1 saturated heterocycles. The van der Waals surface area contributed by atoms with Crippen molar-refractivity contribution in [1.82, 2.24) is 14.1 Å². The van der Waals surface area contributed by atoms with Crippen molar-refractivity contribution in [3.63, 3.8) is 0 Å². The van der Waals surface area contributed by atoms with Crippen molar-refractivity contribution in [2.75, 3.05) is 32.7 Å². The maximum absolute atomic E-state index is 13.2. The first-order valence-electron chi connectivity index (χ1n) is 11.0. The zero-order chi connectivity index (χ0) is 22.4. The fourth-order valence-corrected chi connectivity index (χ4v) is 5.44. The summed E-state index contributed by atoms with van der Waals surface area (Å²) in [6.45, 7) is 9.19. The second kappa shape index (κ2) is 10.4. The fraction of sp³-hybridized carbons (Fsp3) is 0.458. The van der Waals surface area contributed by atoms with Gasteiger partial charge < -0.3 is 4.90 Å². The number of benzene rings is 2. The number of carbonyl (C=O) groups excluding carboxylic acids is 1. The monoisotopic (exact) mass is 443 g/mol. The lowest BCUT2D eigenvalue weighted by Crippen LogP contribution is -2.48. The Hall–Kier alpha value is -2.22. The van der Waals surface area contributed by atoms with Gasteiger partial charge in [0.2, 0.25) is 15.9 Å². The van der Waals surface area contributed by atoms with Gasteiger partial charge in [-0.15, -0.1) is 0 Å². The third-order valence-corrected chi connectivity index (χ3v) is 7.88. The van der Waals surface area contributed by atoms with Crippen LogP contribution in [0.4, 0.5) is 0 Å². The van der Waals surface area contributed by atoms with E-state index < -0.39 is 10.0 Å². The van der Waals surface area contributed by atoms with Crippen LogP contribution in [-0.2, 0) is 21.4 Å². The molecular weight excluding hydrogens is 410 g/mol. The zero-order valence-corrected chi connectivity index (χ0v) is 19.5. The average molecular weight is 444 g/mol. The second-order valence-corrected chi connectivity index (χ2v) is 10.1. The van der Waals surface area contributed by atoms with E-state index in [0.29, 0.717) is 50.6 Å². The summed E-state index contributed by atoms with van der Waals surface area (Å²) in [5.74, 6) is 0.0844. The van der Waals surface area contributed by atoms with Crippen LogP contribution in [-0.4, -0.2) is 67.2 Å². The molecular formula is C24H33N3O3S. The zero-order valence-electron chi connectivity index (χ0n) is 18.7. The molecule has 1 fully saturated rings. The molecule has 0 aliphatic carbocycles. The minimum absolute atomic E-state index is 0.0844. The van der Waals surface area contributed by atoms with E-state index in [1.165, 1.54) is 0 Å². The van der Waals surface area contributed by atoms with E-state index >= 15 is 0 Å². The van der Waals surface area contributed by atoms with Crippen molar-refractivity contribution in [2.45, 2.75) is 44.7 Å². The quantitative estimate of drug-likeness (QED) is 0.660. The van der Waals surface area contributed by atoms with Crippen molar-refractivity contribution in [3.8, 4) is 0 Å². The maximum Gasteiger partial charge on any atom is 0.243 e. The predicted molar refractivity (Wildman–Crippen MR) is 123 cm³/mol. The van der Waals surface area contributed by atoms with Crippen LogP contribution in [0.15, 0.2) is 59.5 Å². The molecule has 1 unspecified atom stereocenters. The van der Waals surface area contributed by atoms with E-state index in [4.69, 9.17) is 0 Å². The van der Waals surface area contributed by atoms with Gasteiger partial charge in [0.1, 0.15) is 0 Å². The molecule has 2 aromatic rings. The van der Waals surface area contributed by atoms with Crippen LogP contribution >= 0.6 is 0 Å². The highest BCUT2D eigenvalue weighted by Gasteiger charge is 2.31.